The van der Waals surface area contributed by atoms with Gasteiger partial charge in [-0.1, -0.05) is 19.1 Å². The van der Waals surface area contributed by atoms with Gasteiger partial charge < -0.3 is 10.1 Å². The van der Waals surface area contributed by atoms with Crippen molar-refractivity contribution < 1.29 is 9.13 Å². The van der Waals surface area contributed by atoms with Gasteiger partial charge in [-0.2, -0.15) is 0 Å². The van der Waals surface area contributed by atoms with Crippen LogP contribution in [-0.2, 0) is 17.9 Å². The van der Waals surface area contributed by atoms with Crippen molar-refractivity contribution in [3.05, 3.63) is 47.8 Å². The standard InChI is InChI=1S/C13H18FNO/c1-3-7-16-10-12-8-11(9-15-4-2)5-6-13(12)14/h3,5-6,8,15H,1,4,7,9-10H2,2H3. The van der Waals surface area contributed by atoms with Gasteiger partial charge in [-0.05, 0) is 24.2 Å². The second kappa shape index (κ2) is 7.14. The van der Waals surface area contributed by atoms with Crippen LogP contribution in [-0.4, -0.2) is 13.2 Å². The van der Waals surface area contributed by atoms with Crippen molar-refractivity contribution in [1.29, 1.82) is 0 Å². The van der Waals surface area contributed by atoms with E-state index in [-0.39, 0.29) is 12.4 Å². The van der Waals surface area contributed by atoms with Gasteiger partial charge in [0.1, 0.15) is 5.82 Å². The van der Waals surface area contributed by atoms with Crippen molar-refractivity contribution in [2.75, 3.05) is 13.2 Å². The Morgan fingerprint density at radius 2 is 2.31 bits per heavy atom. The van der Waals surface area contributed by atoms with Crippen molar-refractivity contribution in [3.8, 4) is 0 Å². The number of ether oxygens (including phenoxy) is 1. The summed E-state index contributed by atoms with van der Waals surface area (Å²) in [6.45, 7) is 7.97. The van der Waals surface area contributed by atoms with Crippen molar-refractivity contribution in [2.24, 2.45) is 0 Å². The van der Waals surface area contributed by atoms with Gasteiger partial charge in [0.25, 0.3) is 0 Å². The summed E-state index contributed by atoms with van der Waals surface area (Å²) in [6, 6.07) is 5.11. The highest BCUT2D eigenvalue weighted by Gasteiger charge is 2.03. The molecule has 0 spiro atoms. The van der Waals surface area contributed by atoms with Gasteiger partial charge in [-0.3, -0.25) is 0 Å². The Morgan fingerprint density at radius 1 is 1.50 bits per heavy atom. The van der Waals surface area contributed by atoms with E-state index >= 15 is 0 Å². The molecular formula is C13H18FNO. The first-order valence-corrected chi connectivity index (χ1v) is 5.44. The molecule has 0 bridgehead atoms. The number of hydrogen-bond donors (Lipinski definition) is 1. The number of halogens is 1. The SMILES string of the molecule is C=CCOCc1cc(CNCC)ccc1F. The van der Waals surface area contributed by atoms with Gasteiger partial charge in [-0.15, -0.1) is 6.58 Å². The molecule has 0 saturated heterocycles. The van der Waals surface area contributed by atoms with Gasteiger partial charge in [0.2, 0.25) is 0 Å². The van der Waals surface area contributed by atoms with Gasteiger partial charge in [0.05, 0.1) is 13.2 Å². The smallest absolute Gasteiger partial charge is 0.128 e. The summed E-state index contributed by atoms with van der Waals surface area (Å²) >= 11 is 0. The Bertz CT molecular complexity index is 339. The fourth-order valence-electron chi connectivity index (χ4n) is 1.37. The van der Waals surface area contributed by atoms with Crippen LogP contribution >= 0.6 is 0 Å². The zero-order valence-electron chi connectivity index (χ0n) is 9.63. The lowest BCUT2D eigenvalue weighted by molar-refractivity contribution is 0.146. The van der Waals surface area contributed by atoms with E-state index in [9.17, 15) is 4.39 Å². The highest BCUT2D eigenvalue weighted by Crippen LogP contribution is 2.11. The average Bonchev–Trinajstić information content (AvgIpc) is 2.30. The molecule has 0 heterocycles. The zero-order valence-corrected chi connectivity index (χ0v) is 9.63. The minimum Gasteiger partial charge on any atom is -0.373 e. The fraction of sp³-hybridized carbons (Fsp3) is 0.385. The molecule has 0 aliphatic rings. The second-order valence-corrected chi connectivity index (χ2v) is 3.51. The first-order valence-electron chi connectivity index (χ1n) is 5.44. The number of nitrogens with one attached hydrogen (secondary N) is 1. The zero-order chi connectivity index (χ0) is 11.8. The molecule has 0 amide bonds. The molecule has 16 heavy (non-hydrogen) atoms. The van der Waals surface area contributed by atoms with Crippen LogP contribution in [0.15, 0.2) is 30.9 Å². The molecule has 0 radical (unpaired) electrons. The van der Waals surface area contributed by atoms with Crippen LogP contribution in [0.25, 0.3) is 0 Å². The van der Waals surface area contributed by atoms with E-state index in [0.29, 0.717) is 12.2 Å². The Morgan fingerprint density at radius 3 is 3.00 bits per heavy atom. The fourth-order valence-corrected chi connectivity index (χ4v) is 1.37. The minimum absolute atomic E-state index is 0.218. The Kier molecular flexibility index (Phi) is 5.75. The predicted octanol–water partition coefficient (Wildman–Crippen LogP) is 2.64. The van der Waals surface area contributed by atoms with Crippen molar-refractivity contribution in [1.82, 2.24) is 5.32 Å². The van der Waals surface area contributed by atoms with E-state index in [1.807, 2.05) is 13.0 Å². The summed E-state index contributed by atoms with van der Waals surface area (Å²) in [6.07, 6.45) is 1.65. The maximum atomic E-state index is 13.4. The van der Waals surface area contributed by atoms with E-state index < -0.39 is 0 Å². The van der Waals surface area contributed by atoms with E-state index in [2.05, 4.69) is 11.9 Å². The lowest BCUT2D eigenvalue weighted by Crippen LogP contribution is -2.12. The van der Waals surface area contributed by atoms with Crippen molar-refractivity contribution in [2.45, 2.75) is 20.1 Å². The van der Waals surface area contributed by atoms with Crippen LogP contribution in [0.1, 0.15) is 18.1 Å². The largest absolute Gasteiger partial charge is 0.373 e. The Hall–Kier alpha value is -1.19. The third-order valence-electron chi connectivity index (χ3n) is 2.18. The second-order valence-electron chi connectivity index (χ2n) is 3.51. The lowest BCUT2D eigenvalue weighted by atomic mass is 10.1. The summed E-state index contributed by atoms with van der Waals surface area (Å²) in [5, 5.41) is 3.20. The van der Waals surface area contributed by atoms with E-state index in [1.54, 1.807) is 12.1 Å². The molecule has 0 aliphatic carbocycles. The number of benzene rings is 1. The Labute approximate surface area is 96.1 Å². The highest BCUT2D eigenvalue weighted by atomic mass is 19.1. The average molecular weight is 223 g/mol. The molecule has 1 aromatic rings. The van der Waals surface area contributed by atoms with Crippen LogP contribution in [0.4, 0.5) is 4.39 Å². The summed E-state index contributed by atoms with van der Waals surface area (Å²) < 4.78 is 18.6. The molecule has 0 aliphatic heterocycles. The van der Waals surface area contributed by atoms with Crippen LogP contribution in [0.3, 0.4) is 0 Å². The molecule has 1 aromatic carbocycles. The highest BCUT2D eigenvalue weighted by molar-refractivity contribution is 5.24. The van der Waals surface area contributed by atoms with Crippen molar-refractivity contribution in [3.63, 3.8) is 0 Å². The third-order valence-corrected chi connectivity index (χ3v) is 2.18. The normalized spacial score (nSPS) is 10.4. The Balaban J connectivity index is 2.62. The summed E-state index contributed by atoms with van der Waals surface area (Å²) in [5.74, 6) is -0.218. The molecule has 1 N–H and O–H groups in total. The first-order chi connectivity index (χ1) is 7.77. The quantitative estimate of drug-likeness (QED) is 0.567. The molecule has 0 aromatic heterocycles. The minimum atomic E-state index is -0.218. The van der Waals surface area contributed by atoms with Gasteiger partial charge >= 0.3 is 0 Å². The molecule has 3 heteroatoms. The van der Waals surface area contributed by atoms with Crippen LogP contribution < -0.4 is 5.32 Å². The summed E-state index contributed by atoms with van der Waals surface area (Å²) in [5.41, 5.74) is 1.66. The van der Waals surface area contributed by atoms with E-state index in [4.69, 9.17) is 4.74 Å². The molecule has 2 nitrogen and oxygen atoms in total. The topological polar surface area (TPSA) is 21.3 Å². The summed E-state index contributed by atoms with van der Waals surface area (Å²) in [4.78, 5) is 0. The summed E-state index contributed by atoms with van der Waals surface area (Å²) in [7, 11) is 0. The maximum Gasteiger partial charge on any atom is 0.128 e. The van der Waals surface area contributed by atoms with Gasteiger partial charge in [0, 0.05) is 12.1 Å². The van der Waals surface area contributed by atoms with Crippen LogP contribution in [0, 0.1) is 5.82 Å². The maximum absolute atomic E-state index is 13.4. The number of rotatable bonds is 7. The molecule has 0 unspecified atom stereocenters. The van der Waals surface area contributed by atoms with Gasteiger partial charge in [-0.25, -0.2) is 4.39 Å². The predicted molar refractivity (Wildman–Crippen MR) is 63.6 cm³/mol. The van der Waals surface area contributed by atoms with E-state index in [0.717, 1.165) is 18.7 Å². The molecule has 88 valence electrons. The third kappa shape index (κ3) is 4.13. The van der Waals surface area contributed by atoms with Gasteiger partial charge in [0.15, 0.2) is 0 Å². The van der Waals surface area contributed by atoms with Crippen molar-refractivity contribution >= 4 is 0 Å². The number of hydrogen-bond acceptors (Lipinski definition) is 2. The molecule has 1 rings (SSSR count). The monoisotopic (exact) mass is 223 g/mol. The molecule has 0 saturated carbocycles. The van der Waals surface area contributed by atoms with Crippen LogP contribution in [0.5, 0.6) is 0 Å². The lowest BCUT2D eigenvalue weighted by Gasteiger charge is -2.07. The first kappa shape index (κ1) is 12.9. The molecular weight excluding hydrogens is 205 g/mol. The molecule has 0 atom stereocenters. The van der Waals surface area contributed by atoms with E-state index in [1.165, 1.54) is 6.07 Å². The molecule has 0 fully saturated rings. The van der Waals surface area contributed by atoms with Crippen LogP contribution in [0.2, 0.25) is 0 Å².